The van der Waals surface area contributed by atoms with Crippen molar-refractivity contribution in [2.75, 3.05) is 5.32 Å². The molecule has 172 valence electrons. The Morgan fingerprint density at radius 2 is 1.91 bits per heavy atom. The van der Waals surface area contributed by atoms with E-state index in [9.17, 15) is 18.8 Å². The summed E-state index contributed by atoms with van der Waals surface area (Å²) in [5.41, 5.74) is 0.498. The lowest BCUT2D eigenvalue weighted by molar-refractivity contribution is -0.122. The quantitative estimate of drug-likeness (QED) is 0.380. The number of nitrogens with zero attached hydrogens (tertiary/aromatic N) is 1. The summed E-state index contributed by atoms with van der Waals surface area (Å²) < 4.78 is 24.4. The average Bonchev–Trinajstić information content (AvgIpc) is 2.78. The maximum atomic E-state index is 13.4. The average molecular weight is 483 g/mol. The number of hydrogen-bond acceptors (Lipinski definition) is 6. The smallest absolute Gasteiger partial charge is 0.354 e. The number of fused-ring (bicyclic) bond motifs is 1. The van der Waals surface area contributed by atoms with Crippen molar-refractivity contribution in [3.63, 3.8) is 0 Å². The Balaban J connectivity index is 1.58. The van der Waals surface area contributed by atoms with E-state index in [4.69, 9.17) is 25.9 Å². The summed E-state index contributed by atoms with van der Waals surface area (Å²) in [5, 5.41) is 12.3. The van der Waals surface area contributed by atoms with Gasteiger partial charge in [0.05, 0.1) is 5.02 Å². The Morgan fingerprint density at radius 1 is 1.12 bits per heavy atom. The minimum Gasteiger partial charge on any atom is -0.481 e. The lowest BCUT2D eigenvalue weighted by Gasteiger charge is -2.15. The first-order valence-corrected chi connectivity index (χ1v) is 10.3. The van der Waals surface area contributed by atoms with Crippen LogP contribution in [0.15, 0.2) is 70.0 Å². The molecule has 0 saturated carbocycles. The van der Waals surface area contributed by atoms with Crippen LogP contribution in [-0.2, 0) is 4.79 Å². The van der Waals surface area contributed by atoms with Crippen molar-refractivity contribution in [3.8, 4) is 16.9 Å². The molecule has 8 nitrogen and oxygen atoms in total. The van der Waals surface area contributed by atoms with Crippen LogP contribution in [0.4, 0.5) is 10.1 Å². The second kappa shape index (κ2) is 9.32. The number of rotatable bonds is 6. The Bertz CT molecular complexity index is 1490. The van der Waals surface area contributed by atoms with Crippen molar-refractivity contribution in [2.45, 2.75) is 13.0 Å². The van der Waals surface area contributed by atoms with Gasteiger partial charge in [0, 0.05) is 40.5 Å². The van der Waals surface area contributed by atoms with Crippen LogP contribution < -0.4 is 15.7 Å². The van der Waals surface area contributed by atoms with E-state index in [0.717, 1.165) is 6.07 Å². The second-order valence-electron chi connectivity index (χ2n) is 7.25. The van der Waals surface area contributed by atoms with Crippen molar-refractivity contribution in [1.82, 2.24) is 4.98 Å². The summed E-state index contributed by atoms with van der Waals surface area (Å²) in [6, 6.07) is 12.5. The topological polar surface area (TPSA) is 119 Å². The molecule has 1 atom stereocenters. The molecule has 0 bridgehead atoms. The molecule has 0 saturated heterocycles. The number of ether oxygens (including phenoxy) is 1. The molecular weight excluding hydrogens is 467 g/mol. The highest BCUT2D eigenvalue weighted by molar-refractivity contribution is 6.33. The fraction of sp³-hybridized carbons (Fsp3) is 0.0833. The van der Waals surface area contributed by atoms with Crippen molar-refractivity contribution < 1.29 is 28.2 Å². The summed E-state index contributed by atoms with van der Waals surface area (Å²) in [4.78, 5) is 39.4. The molecule has 0 unspecified atom stereocenters. The van der Waals surface area contributed by atoms with Gasteiger partial charge in [-0.25, -0.2) is 19.0 Å². The molecule has 2 aromatic heterocycles. The van der Waals surface area contributed by atoms with Crippen LogP contribution in [-0.4, -0.2) is 28.1 Å². The van der Waals surface area contributed by atoms with Gasteiger partial charge in [0.1, 0.15) is 22.8 Å². The molecule has 4 rings (SSSR count). The van der Waals surface area contributed by atoms with Crippen LogP contribution in [0.3, 0.4) is 0 Å². The van der Waals surface area contributed by atoms with Crippen LogP contribution >= 0.6 is 11.6 Å². The van der Waals surface area contributed by atoms with Gasteiger partial charge in [0.2, 0.25) is 0 Å². The third-order valence-electron chi connectivity index (χ3n) is 4.87. The lowest BCUT2D eigenvalue weighted by Crippen LogP contribution is -2.30. The minimum atomic E-state index is -1.22. The van der Waals surface area contributed by atoms with Crippen molar-refractivity contribution in [1.29, 1.82) is 0 Å². The first kappa shape index (κ1) is 22.9. The highest BCUT2D eigenvalue weighted by Gasteiger charge is 2.18. The van der Waals surface area contributed by atoms with Crippen LogP contribution in [0.1, 0.15) is 17.4 Å². The third kappa shape index (κ3) is 4.89. The molecule has 0 aliphatic rings. The molecule has 2 heterocycles. The number of pyridine rings is 1. The standard InChI is InChI=1S/C24H16ClFN2O6/c1-12(23(30)28-14-6-7-27-20(9-14)24(31)32)33-15-3-5-17-18(11-22(29)34-21(17)10-15)16-4-2-13(26)8-19(16)25/h2-12H,1H3,(H,31,32)(H,27,28,30)/t12-/m1/s1. The zero-order valence-corrected chi connectivity index (χ0v) is 18.3. The molecular formula is C24H16ClFN2O6. The number of anilines is 1. The van der Waals surface area contributed by atoms with Crippen molar-refractivity contribution in [3.05, 3.63) is 87.7 Å². The molecule has 0 aliphatic carbocycles. The first-order valence-electron chi connectivity index (χ1n) is 9.91. The number of hydrogen-bond donors (Lipinski definition) is 2. The van der Waals surface area contributed by atoms with Crippen molar-refractivity contribution >= 4 is 40.1 Å². The summed E-state index contributed by atoms with van der Waals surface area (Å²) in [6.45, 7) is 1.50. The summed E-state index contributed by atoms with van der Waals surface area (Å²) >= 11 is 6.17. The van der Waals surface area contributed by atoms with E-state index in [0.29, 0.717) is 16.5 Å². The number of aromatic nitrogens is 1. The first-order chi connectivity index (χ1) is 16.2. The molecule has 34 heavy (non-hydrogen) atoms. The molecule has 0 fully saturated rings. The van der Waals surface area contributed by atoms with Crippen LogP contribution in [0.5, 0.6) is 5.75 Å². The van der Waals surface area contributed by atoms with Gasteiger partial charge in [-0.15, -0.1) is 0 Å². The van der Waals surface area contributed by atoms with Crippen LogP contribution in [0.25, 0.3) is 22.1 Å². The fourth-order valence-corrected chi connectivity index (χ4v) is 3.54. The van der Waals surface area contributed by atoms with E-state index < -0.39 is 29.4 Å². The number of carbonyl (C=O) groups excluding carboxylic acids is 1. The summed E-state index contributed by atoms with van der Waals surface area (Å²) in [5.74, 6) is -2.01. The number of halogens is 2. The lowest BCUT2D eigenvalue weighted by atomic mass is 10.0. The Morgan fingerprint density at radius 3 is 2.65 bits per heavy atom. The summed E-state index contributed by atoms with van der Waals surface area (Å²) in [6.07, 6.45) is 0.293. The van der Waals surface area contributed by atoms with E-state index in [1.54, 1.807) is 12.1 Å². The van der Waals surface area contributed by atoms with E-state index in [2.05, 4.69) is 10.3 Å². The van der Waals surface area contributed by atoms with Gasteiger partial charge in [0.25, 0.3) is 5.91 Å². The minimum absolute atomic E-state index is 0.139. The number of carbonyl (C=O) groups is 2. The monoisotopic (exact) mass is 482 g/mol. The highest BCUT2D eigenvalue weighted by Crippen LogP contribution is 2.34. The fourth-order valence-electron chi connectivity index (χ4n) is 3.27. The highest BCUT2D eigenvalue weighted by atomic mass is 35.5. The molecule has 10 heteroatoms. The van der Waals surface area contributed by atoms with Gasteiger partial charge in [-0.3, -0.25) is 4.79 Å². The van der Waals surface area contributed by atoms with Gasteiger partial charge >= 0.3 is 11.6 Å². The second-order valence-corrected chi connectivity index (χ2v) is 7.65. The number of benzene rings is 2. The summed E-state index contributed by atoms with van der Waals surface area (Å²) in [7, 11) is 0. The van der Waals surface area contributed by atoms with Crippen molar-refractivity contribution in [2.24, 2.45) is 0 Å². The van der Waals surface area contributed by atoms with Gasteiger partial charge in [-0.2, -0.15) is 0 Å². The molecule has 2 N–H and O–H groups in total. The van der Waals surface area contributed by atoms with E-state index in [1.807, 2.05) is 0 Å². The predicted molar refractivity (Wildman–Crippen MR) is 123 cm³/mol. The number of amides is 1. The van der Waals surface area contributed by atoms with E-state index >= 15 is 0 Å². The molecule has 0 aliphatic heterocycles. The SMILES string of the molecule is C[C@@H](Oc1ccc2c(-c3ccc(F)cc3Cl)cc(=O)oc2c1)C(=O)Nc1ccnc(C(=O)O)c1. The molecule has 2 aromatic carbocycles. The third-order valence-corrected chi connectivity index (χ3v) is 5.18. The van der Waals surface area contributed by atoms with Crippen LogP contribution in [0, 0.1) is 5.82 Å². The number of carboxylic acids is 1. The van der Waals surface area contributed by atoms with E-state index in [1.165, 1.54) is 49.5 Å². The Hall–Kier alpha value is -4.24. The Kier molecular flexibility index (Phi) is 6.29. The molecule has 0 radical (unpaired) electrons. The molecule has 1 amide bonds. The number of aromatic carboxylic acids is 1. The van der Waals surface area contributed by atoms with Gasteiger partial charge < -0.3 is 19.6 Å². The van der Waals surface area contributed by atoms with E-state index in [-0.39, 0.29) is 27.7 Å². The largest absolute Gasteiger partial charge is 0.481 e. The predicted octanol–water partition coefficient (Wildman–Crippen LogP) is 4.75. The van der Waals surface area contributed by atoms with Crippen LogP contribution in [0.2, 0.25) is 5.02 Å². The number of nitrogens with one attached hydrogen (secondary N) is 1. The van der Waals surface area contributed by atoms with Gasteiger partial charge in [-0.05, 0) is 49.4 Å². The zero-order chi connectivity index (χ0) is 24.4. The maximum absolute atomic E-state index is 13.4. The molecule has 4 aromatic rings. The normalized spacial score (nSPS) is 11.7. The van der Waals surface area contributed by atoms with Gasteiger partial charge in [-0.1, -0.05) is 11.6 Å². The zero-order valence-electron chi connectivity index (χ0n) is 17.5. The number of carboxylic acid groups (broad SMARTS) is 1. The maximum Gasteiger partial charge on any atom is 0.354 e. The molecule has 0 spiro atoms. The Labute approximate surface area is 196 Å². The van der Waals surface area contributed by atoms with Gasteiger partial charge in [0.15, 0.2) is 6.10 Å².